The summed E-state index contributed by atoms with van der Waals surface area (Å²) in [4.78, 5) is 27.1. The lowest BCUT2D eigenvalue weighted by Crippen LogP contribution is -2.56. The number of carbonyl (C=O) groups excluding carboxylic acids is 1. The minimum absolute atomic E-state index is 0.00812. The zero-order chi connectivity index (χ0) is 24.2. The van der Waals surface area contributed by atoms with E-state index in [9.17, 15) is 9.59 Å². The number of fused-ring (bicyclic) bond motifs is 1. The third kappa shape index (κ3) is 5.62. The summed E-state index contributed by atoms with van der Waals surface area (Å²) >= 11 is 6.11. The molecule has 180 valence electrons. The van der Waals surface area contributed by atoms with Crippen molar-refractivity contribution in [2.45, 2.75) is 25.7 Å². The number of piperazine rings is 1. The van der Waals surface area contributed by atoms with Crippen LogP contribution in [0.4, 0.5) is 0 Å². The molecule has 1 atom stereocenters. The van der Waals surface area contributed by atoms with Gasteiger partial charge in [-0.05, 0) is 35.4 Å². The van der Waals surface area contributed by atoms with Crippen LogP contribution < -0.4 is 16.2 Å². The van der Waals surface area contributed by atoms with Gasteiger partial charge in [0.15, 0.2) is 0 Å². The molecule has 1 aliphatic rings. The van der Waals surface area contributed by atoms with Gasteiger partial charge in [-0.15, -0.1) is 0 Å². The van der Waals surface area contributed by atoms with Gasteiger partial charge in [0.1, 0.15) is 0 Å². The molecular formula is C26H27ClN6O2. The molecule has 3 heterocycles. The predicted octanol–water partition coefficient (Wildman–Crippen LogP) is 2.52. The molecule has 3 N–H and O–H groups in total. The Morgan fingerprint density at radius 1 is 1.09 bits per heavy atom. The number of hydrogen-bond acceptors (Lipinski definition) is 5. The van der Waals surface area contributed by atoms with Crippen molar-refractivity contribution in [1.82, 2.24) is 30.3 Å². The average Bonchev–Trinajstić information content (AvgIpc) is 3.27. The quantitative estimate of drug-likeness (QED) is 0.370. The standard InChI is InChI=1S/C26H27ClN6O2/c27-20-8-9-22-21(13-20)23(31-30-22)14-29-26(35)24-17-32(12-10-28-24)15-18-4-6-19(7-5-18)16-33-11-2-1-3-25(33)34/h1-9,11,13,24,28H,10,12,14-17H2,(H,29,35)(H,30,31). The summed E-state index contributed by atoms with van der Waals surface area (Å²) in [6.07, 6.45) is 1.80. The van der Waals surface area contributed by atoms with Crippen molar-refractivity contribution >= 4 is 28.4 Å². The van der Waals surface area contributed by atoms with Gasteiger partial charge in [-0.3, -0.25) is 19.6 Å². The summed E-state index contributed by atoms with van der Waals surface area (Å²) in [6.45, 7) is 3.92. The van der Waals surface area contributed by atoms with Gasteiger partial charge in [0.25, 0.3) is 5.56 Å². The molecule has 1 unspecified atom stereocenters. The summed E-state index contributed by atoms with van der Waals surface area (Å²) in [5, 5.41) is 15.1. The maximum atomic E-state index is 12.9. The molecule has 1 amide bonds. The lowest BCUT2D eigenvalue weighted by atomic mass is 10.1. The fourth-order valence-corrected chi connectivity index (χ4v) is 4.57. The second kappa shape index (κ2) is 10.4. The second-order valence-electron chi connectivity index (χ2n) is 8.81. The summed E-state index contributed by atoms with van der Waals surface area (Å²) in [7, 11) is 0. The molecule has 9 heteroatoms. The number of carbonyl (C=O) groups is 1. The Morgan fingerprint density at radius 2 is 1.89 bits per heavy atom. The SMILES string of the molecule is O=C(NCc1[nH]nc2ccc(Cl)cc12)C1CN(Cc2ccc(Cn3ccccc3=O)cc2)CCN1. The van der Waals surface area contributed by atoms with Crippen LogP contribution in [0.15, 0.2) is 71.7 Å². The molecule has 1 saturated heterocycles. The molecule has 4 aromatic rings. The van der Waals surface area contributed by atoms with Gasteiger partial charge < -0.3 is 15.2 Å². The van der Waals surface area contributed by atoms with Gasteiger partial charge in [-0.2, -0.15) is 5.10 Å². The monoisotopic (exact) mass is 490 g/mol. The summed E-state index contributed by atoms with van der Waals surface area (Å²) < 4.78 is 1.69. The highest BCUT2D eigenvalue weighted by Crippen LogP contribution is 2.20. The topological polar surface area (TPSA) is 95.1 Å². The largest absolute Gasteiger partial charge is 0.349 e. The number of rotatable bonds is 7. The van der Waals surface area contributed by atoms with Gasteiger partial charge in [0.2, 0.25) is 5.91 Å². The summed E-state index contributed by atoms with van der Waals surface area (Å²) in [5.41, 5.74) is 3.90. The Kier molecular flexibility index (Phi) is 6.94. The fraction of sp³-hybridized carbons (Fsp3) is 0.269. The molecule has 5 rings (SSSR count). The van der Waals surface area contributed by atoms with Crippen LogP contribution in [0.5, 0.6) is 0 Å². The predicted molar refractivity (Wildman–Crippen MR) is 136 cm³/mol. The van der Waals surface area contributed by atoms with Crippen LogP contribution in [-0.4, -0.2) is 51.2 Å². The van der Waals surface area contributed by atoms with E-state index >= 15 is 0 Å². The van der Waals surface area contributed by atoms with Crippen LogP contribution >= 0.6 is 11.6 Å². The summed E-state index contributed by atoms with van der Waals surface area (Å²) in [5.74, 6) is -0.0388. The van der Waals surface area contributed by atoms with Crippen molar-refractivity contribution < 1.29 is 4.79 Å². The van der Waals surface area contributed by atoms with E-state index in [1.807, 2.05) is 18.2 Å². The minimum atomic E-state index is -0.286. The smallest absolute Gasteiger partial charge is 0.250 e. The number of hydrogen-bond donors (Lipinski definition) is 3. The molecule has 1 fully saturated rings. The first-order valence-corrected chi connectivity index (χ1v) is 12.0. The van der Waals surface area contributed by atoms with Crippen molar-refractivity contribution in [2.24, 2.45) is 0 Å². The molecule has 0 bridgehead atoms. The highest BCUT2D eigenvalue weighted by Gasteiger charge is 2.25. The molecule has 8 nitrogen and oxygen atoms in total. The molecule has 2 aromatic carbocycles. The van der Waals surface area contributed by atoms with Crippen LogP contribution in [0, 0.1) is 0 Å². The maximum absolute atomic E-state index is 12.9. The average molecular weight is 491 g/mol. The van der Waals surface area contributed by atoms with Crippen LogP contribution in [-0.2, 0) is 24.4 Å². The number of benzene rings is 2. The van der Waals surface area contributed by atoms with Crippen molar-refractivity contribution in [2.75, 3.05) is 19.6 Å². The zero-order valence-electron chi connectivity index (χ0n) is 19.2. The minimum Gasteiger partial charge on any atom is -0.349 e. The van der Waals surface area contributed by atoms with Crippen molar-refractivity contribution in [1.29, 1.82) is 0 Å². The van der Waals surface area contributed by atoms with E-state index in [-0.39, 0.29) is 17.5 Å². The Labute approximate surface area is 207 Å². The molecule has 0 saturated carbocycles. The molecule has 0 radical (unpaired) electrons. The highest BCUT2D eigenvalue weighted by molar-refractivity contribution is 6.31. The number of nitrogens with zero attached hydrogens (tertiary/aromatic N) is 3. The molecule has 35 heavy (non-hydrogen) atoms. The first kappa shape index (κ1) is 23.3. The third-order valence-electron chi connectivity index (χ3n) is 6.29. The van der Waals surface area contributed by atoms with Crippen LogP contribution in [0.1, 0.15) is 16.8 Å². The van der Waals surface area contributed by atoms with Gasteiger partial charge in [-0.25, -0.2) is 0 Å². The van der Waals surface area contributed by atoms with E-state index < -0.39 is 0 Å². The van der Waals surface area contributed by atoms with E-state index in [1.54, 1.807) is 29.0 Å². The van der Waals surface area contributed by atoms with Crippen LogP contribution in [0.25, 0.3) is 10.9 Å². The van der Waals surface area contributed by atoms with E-state index in [1.165, 1.54) is 5.56 Å². The fourth-order valence-electron chi connectivity index (χ4n) is 4.40. The number of amides is 1. The Hall–Kier alpha value is -3.46. The molecule has 0 spiro atoms. The number of pyridine rings is 1. The second-order valence-corrected chi connectivity index (χ2v) is 9.24. The van der Waals surface area contributed by atoms with Crippen molar-refractivity contribution in [3.05, 3.63) is 99.1 Å². The number of aromatic amines is 1. The van der Waals surface area contributed by atoms with Crippen molar-refractivity contribution in [3.63, 3.8) is 0 Å². The maximum Gasteiger partial charge on any atom is 0.250 e. The van der Waals surface area contributed by atoms with E-state index in [2.05, 4.69) is 50.0 Å². The van der Waals surface area contributed by atoms with Gasteiger partial charge >= 0.3 is 0 Å². The number of H-pyrrole nitrogens is 1. The van der Waals surface area contributed by atoms with E-state index in [4.69, 9.17) is 11.6 Å². The first-order valence-electron chi connectivity index (χ1n) is 11.6. The van der Waals surface area contributed by atoms with Gasteiger partial charge in [-0.1, -0.05) is 41.9 Å². The van der Waals surface area contributed by atoms with Gasteiger partial charge in [0.05, 0.1) is 30.3 Å². The van der Waals surface area contributed by atoms with Crippen molar-refractivity contribution in [3.8, 4) is 0 Å². The number of aromatic nitrogens is 3. The molecule has 2 aromatic heterocycles. The third-order valence-corrected chi connectivity index (χ3v) is 6.53. The summed E-state index contributed by atoms with van der Waals surface area (Å²) in [6, 6.07) is 18.7. The van der Waals surface area contributed by atoms with Crippen LogP contribution in [0.3, 0.4) is 0 Å². The van der Waals surface area contributed by atoms with E-state index in [0.717, 1.165) is 41.8 Å². The Morgan fingerprint density at radius 3 is 2.69 bits per heavy atom. The highest BCUT2D eigenvalue weighted by atomic mass is 35.5. The zero-order valence-corrected chi connectivity index (χ0v) is 20.0. The van der Waals surface area contributed by atoms with Gasteiger partial charge in [0, 0.05) is 48.9 Å². The number of halogens is 1. The normalized spacial score (nSPS) is 16.4. The Bertz CT molecular complexity index is 1380. The molecular weight excluding hydrogens is 464 g/mol. The van der Waals surface area contributed by atoms with Crippen LogP contribution in [0.2, 0.25) is 5.02 Å². The lowest BCUT2D eigenvalue weighted by molar-refractivity contribution is -0.124. The molecule has 1 aliphatic heterocycles. The molecule has 0 aliphatic carbocycles. The van der Waals surface area contributed by atoms with E-state index in [0.29, 0.717) is 24.7 Å². The Balaban J connectivity index is 1.15. The lowest BCUT2D eigenvalue weighted by Gasteiger charge is -2.33. The number of nitrogens with one attached hydrogen (secondary N) is 3. The first-order chi connectivity index (χ1) is 17.0.